The Labute approximate surface area is 171 Å². The minimum atomic E-state index is -0.256. The number of amides is 2. The van der Waals surface area contributed by atoms with Crippen molar-refractivity contribution in [2.45, 2.75) is 20.4 Å². The Kier molecular flexibility index (Phi) is 7.46. The third-order valence-corrected chi connectivity index (χ3v) is 4.25. The third kappa shape index (κ3) is 5.27. The summed E-state index contributed by atoms with van der Waals surface area (Å²) < 4.78 is 5.27. The van der Waals surface area contributed by atoms with Crippen LogP contribution in [0.25, 0.3) is 10.8 Å². The van der Waals surface area contributed by atoms with Crippen molar-refractivity contribution in [3.8, 4) is 5.75 Å². The number of halogens is 1. The molecule has 0 aliphatic rings. The van der Waals surface area contributed by atoms with Gasteiger partial charge in [-0.2, -0.15) is 0 Å². The smallest absolute Gasteiger partial charge is 0.320 e. The molecule has 0 saturated carbocycles. The lowest BCUT2D eigenvalue weighted by molar-refractivity contribution is 0.252. The first-order valence-electron chi connectivity index (χ1n) is 8.91. The number of nitrogens with zero attached hydrogens (tertiary/aromatic N) is 1. The normalized spacial score (nSPS) is 10.1. The fourth-order valence-electron chi connectivity index (χ4n) is 2.92. The molecular weight excluding hydrogens is 376 g/mol. The number of nitrogens with one attached hydrogen (secondary N) is 3. The summed E-state index contributed by atoms with van der Waals surface area (Å²) in [4.78, 5) is 16.0. The minimum absolute atomic E-state index is 0. The second-order valence-corrected chi connectivity index (χ2v) is 6.27. The highest BCUT2D eigenvalue weighted by Gasteiger charge is 2.06. The minimum Gasteiger partial charge on any atom is -0.497 e. The molecule has 3 rings (SSSR count). The molecule has 0 atom stereocenters. The number of pyridine rings is 1. The van der Waals surface area contributed by atoms with E-state index in [4.69, 9.17) is 4.74 Å². The highest BCUT2D eigenvalue weighted by Crippen LogP contribution is 2.25. The Hall–Kier alpha value is -2.99. The molecule has 0 radical (unpaired) electrons. The van der Waals surface area contributed by atoms with Crippen LogP contribution in [-0.4, -0.2) is 24.7 Å². The molecule has 0 bridgehead atoms. The van der Waals surface area contributed by atoms with Gasteiger partial charge in [0.05, 0.1) is 7.11 Å². The summed E-state index contributed by atoms with van der Waals surface area (Å²) in [6.45, 7) is 5.18. The van der Waals surface area contributed by atoms with Crippen molar-refractivity contribution in [3.63, 3.8) is 0 Å². The van der Waals surface area contributed by atoms with E-state index in [2.05, 4.69) is 46.1 Å². The average Bonchev–Trinajstić information content (AvgIpc) is 2.66. The molecule has 28 heavy (non-hydrogen) atoms. The molecule has 3 N–H and O–H groups in total. The van der Waals surface area contributed by atoms with Crippen molar-refractivity contribution in [3.05, 3.63) is 59.8 Å². The van der Waals surface area contributed by atoms with Crippen molar-refractivity contribution in [1.82, 2.24) is 10.3 Å². The number of carbonyl (C=O) groups is 1. The zero-order chi connectivity index (χ0) is 19.2. The Morgan fingerprint density at radius 1 is 1.18 bits per heavy atom. The standard InChI is InChI=1S/C21H24N4O2.ClH/c1-4-22-21(26)25-20-11-16-10-17(8-14(2)19(16)13-24-20)23-12-15-6-5-7-18(9-15)27-3;/h5-11,13,23H,4,12H2,1-3H3,(H2,22,24,25,26);1H. The highest BCUT2D eigenvalue weighted by molar-refractivity contribution is 5.94. The van der Waals surface area contributed by atoms with Gasteiger partial charge in [0.1, 0.15) is 11.6 Å². The van der Waals surface area contributed by atoms with Crippen LogP contribution in [0.1, 0.15) is 18.1 Å². The van der Waals surface area contributed by atoms with Gasteiger partial charge in [-0.3, -0.25) is 5.32 Å². The molecule has 1 aromatic heterocycles. The van der Waals surface area contributed by atoms with Crippen molar-refractivity contribution >= 4 is 40.7 Å². The maximum absolute atomic E-state index is 11.7. The van der Waals surface area contributed by atoms with Gasteiger partial charge < -0.3 is 15.4 Å². The maximum atomic E-state index is 11.7. The van der Waals surface area contributed by atoms with Crippen LogP contribution < -0.4 is 20.7 Å². The molecule has 0 unspecified atom stereocenters. The predicted molar refractivity (Wildman–Crippen MR) is 117 cm³/mol. The van der Waals surface area contributed by atoms with Gasteiger partial charge in [-0.1, -0.05) is 12.1 Å². The van der Waals surface area contributed by atoms with Crippen molar-refractivity contribution < 1.29 is 9.53 Å². The number of ether oxygens (including phenoxy) is 1. The zero-order valence-electron chi connectivity index (χ0n) is 16.2. The van der Waals surface area contributed by atoms with Gasteiger partial charge in [0, 0.05) is 30.4 Å². The Balaban J connectivity index is 0.00000280. The molecular formula is C21H25ClN4O2. The van der Waals surface area contributed by atoms with Crippen LogP contribution in [0.3, 0.4) is 0 Å². The number of aromatic nitrogens is 1. The van der Waals surface area contributed by atoms with Gasteiger partial charge in [0.25, 0.3) is 0 Å². The molecule has 6 nitrogen and oxygen atoms in total. The van der Waals surface area contributed by atoms with Gasteiger partial charge in [0.2, 0.25) is 0 Å². The number of anilines is 2. The fourth-order valence-corrected chi connectivity index (χ4v) is 2.92. The van der Waals surface area contributed by atoms with E-state index in [1.165, 1.54) is 0 Å². The zero-order valence-corrected chi connectivity index (χ0v) is 17.0. The first-order valence-corrected chi connectivity index (χ1v) is 8.91. The number of methoxy groups -OCH3 is 1. The maximum Gasteiger partial charge on any atom is 0.320 e. The Morgan fingerprint density at radius 2 is 2.00 bits per heavy atom. The highest BCUT2D eigenvalue weighted by atomic mass is 35.5. The van der Waals surface area contributed by atoms with Crippen molar-refractivity contribution in [2.24, 2.45) is 0 Å². The molecule has 3 aromatic rings. The lowest BCUT2D eigenvalue weighted by atomic mass is 10.1. The van der Waals surface area contributed by atoms with Gasteiger partial charge in [-0.15, -0.1) is 12.4 Å². The number of carbonyl (C=O) groups excluding carboxylic acids is 1. The average molecular weight is 401 g/mol. The van der Waals surface area contributed by atoms with Gasteiger partial charge in [0.15, 0.2) is 0 Å². The van der Waals surface area contributed by atoms with Crippen molar-refractivity contribution in [2.75, 3.05) is 24.3 Å². The molecule has 7 heteroatoms. The van der Waals surface area contributed by atoms with E-state index in [0.29, 0.717) is 18.9 Å². The number of rotatable bonds is 6. The summed E-state index contributed by atoms with van der Waals surface area (Å²) in [6, 6.07) is 13.8. The van der Waals surface area contributed by atoms with E-state index >= 15 is 0 Å². The topological polar surface area (TPSA) is 75.3 Å². The van der Waals surface area contributed by atoms with E-state index in [-0.39, 0.29) is 18.4 Å². The van der Waals surface area contributed by atoms with E-state index < -0.39 is 0 Å². The summed E-state index contributed by atoms with van der Waals surface area (Å²) >= 11 is 0. The molecule has 0 fully saturated rings. The second kappa shape index (κ2) is 9.80. The number of hydrogen-bond donors (Lipinski definition) is 3. The van der Waals surface area contributed by atoms with E-state index in [1.807, 2.05) is 31.2 Å². The van der Waals surface area contributed by atoms with Crippen LogP contribution in [0.5, 0.6) is 5.75 Å². The van der Waals surface area contributed by atoms with Crippen LogP contribution >= 0.6 is 12.4 Å². The number of aryl methyl sites for hydroxylation is 1. The second-order valence-electron chi connectivity index (χ2n) is 6.27. The number of urea groups is 1. The van der Waals surface area contributed by atoms with E-state index in [1.54, 1.807) is 13.3 Å². The van der Waals surface area contributed by atoms with Gasteiger partial charge in [-0.05, 0) is 60.7 Å². The quantitative estimate of drug-likeness (QED) is 0.559. The Morgan fingerprint density at radius 3 is 2.75 bits per heavy atom. The number of hydrogen-bond acceptors (Lipinski definition) is 4. The first-order chi connectivity index (χ1) is 13.1. The monoisotopic (exact) mass is 400 g/mol. The molecule has 1 heterocycles. The molecule has 2 aromatic carbocycles. The van der Waals surface area contributed by atoms with Crippen LogP contribution in [-0.2, 0) is 6.54 Å². The van der Waals surface area contributed by atoms with E-state index in [0.717, 1.165) is 33.3 Å². The summed E-state index contributed by atoms with van der Waals surface area (Å²) in [6.07, 6.45) is 1.79. The largest absolute Gasteiger partial charge is 0.497 e. The molecule has 2 amide bonds. The van der Waals surface area contributed by atoms with Crippen LogP contribution in [0, 0.1) is 6.92 Å². The van der Waals surface area contributed by atoms with Gasteiger partial charge >= 0.3 is 6.03 Å². The molecule has 148 valence electrons. The third-order valence-electron chi connectivity index (χ3n) is 4.25. The molecule has 0 spiro atoms. The molecule has 0 aliphatic heterocycles. The SMILES string of the molecule is CCNC(=O)Nc1cc2cc(NCc3cccc(OC)c3)cc(C)c2cn1.Cl. The van der Waals surface area contributed by atoms with Gasteiger partial charge in [-0.25, -0.2) is 9.78 Å². The van der Waals surface area contributed by atoms with Crippen LogP contribution in [0.15, 0.2) is 48.7 Å². The fraction of sp³-hybridized carbons (Fsp3) is 0.238. The molecule has 0 saturated heterocycles. The first kappa shape index (κ1) is 21.3. The molecule has 0 aliphatic carbocycles. The van der Waals surface area contributed by atoms with Crippen LogP contribution in [0.2, 0.25) is 0 Å². The van der Waals surface area contributed by atoms with Crippen molar-refractivity contribution in [1.29, 1.82) is 0 Å². The van der Waals surface area contributed by atoms with Crippen LogP contribution in [0.4, 0.5) is 16.3 Å². The number of benzene rings is 2. The Bertz CT molecular complexity index is 962. The predicted octanol–water partition coefficient (Wildman–Crippen LogP) is 4.73. The lowest BCUT2D eigenvalue weighted by Crippen LogP contribution is -2.28. The summed E-state index contributed by atoms with van der Waals surface area (Å²) in [5.74, 6) is 1.37. The lowest BCUT2D eigenvalue weighted by Gasteiger charge is -2.12. The summed E-state index contributed by atoms with van der Waals surface area (Å²) in [7, 11) is 1.67. The number of fused-ring (bicyclic) bond motifs is 1. The summed E-state index contributed by atoms with van der Waals surface area (Å²) in [5.41, 5.74) is 3.27. The van der Waals surface area contributed by atoms with E-state index in [9.17, 15) is 4.79 Å². The summed E-state index contributed by atoms with van der Waals surface area (Å²) in [5, 5.41) is 11.0.